The Morgan fingerprint density at radius 3 is 2.48 bits per heavy atom. The zero-order valence-corrected chi connectivity index (χ0v) is 17.4. The molecular formula is C23H24F2N4O2. The number of hydrogen-bond donors (Lipinski definition) is 0. The number of hydrazine groups is 1. The number of amides is 1. The molecule has 162 valence electrons. The number of pyridine rings is 1. The van der Waals surface area contributed by atoms with Crippen LogP contribution in [0.4, 0.5) is 14.6 Å². The van der Waals surface area contributed by atoms with Crippen molar-refractivity contribution in [1.29, 1.82) is 0 Å². The molecule has 1 aromatic carbocycles. The van der Waals surface area contributed by atoms with Gasteiger partial charge < -0.3 is 4.90 Å². The molecule has 1 amide bonds. The van der Waals surface area contributed by atoms with Gasteiger partial charge in [0.25, 0.3) is 0 Å². The zero-order chi connectivity index (χ0) is 21.8. The minimum absolute atomic E-state index is 0.0461. The second-order valence-corrected chi connectivity index (χ2v) is 8.75. The van der Waals surface area contributed by atoms with E-state index < -0.39 is 17.0 Å². The first-order valence-electron chi connectivity index (χ1n) is 10.6. The minimum atomic E-state index is -0.622. The summed E-state index contributed by atoms with van der Waals surface area (Å²) in [5.41, 5.74) is 0.457. The number of piperidine rings is 1. The van der Waals surface area contributed by atoms with Crippen LogP contribution in [0.25, 0.3) is 0 Å². The quantitative estimate of drug-likeness (QED) is 0.705. The summed E-state index contributed by atoms with van der Waals surface area (Å²) in [6.45, 7) is 4.16. The minimum Gasteiger partial charge on any atom is -0.357 e. The Morgan fingerprint density at radius 2 is 1.81 bits per heavy atom. The van der Waals surface area contributed by atoms with Crippen LogP contribution in [0.3, 0.4) is 0 Å². The lowest BCUT2D eigenvalue weighted by molar-refractivity contribution is -0.143. The standard InChI is InChI=1S/C23H24F2N4O2/c1-15(30)19-3-2-4-21(26-19)27-9-6-23(7-10-27)14-28-8-5-20(29(28)22(23)31)16-11-17(24)13-18(25)12-16/h2-4,11-13,20H,5-10,14H2,1H3/t20-/m0/s1. The largest absolute Gasteiger partial charge is 0.357 e. The Hall–Kier alpha value is -2.87. The lowest BCUT2D eigenvalue weighted by Gasteiger charge is -2.38. The van der Waals surface area contributed by atoms with Crippen molar-refractivity contribution >= 4 is 17.5 Å². The van der Waals surface area contributed by atoms with Crippen LogP contribution in [-0.2, 0) is 4.79 Å². The molecule has 3 aliphatic heterocycles. The van der Waals surface area contributed by atoms with Gasteiger partial charge in [0.05, 0.1) is 11.5 Å². The molecule has 3 fully saturated rings. The van der Waals surface area contributed by atoms with E-state index in [4.69, 9.17) is 0 Å². The fourth-order valence-corrected chi connectivity index (χ4v) is 5.19. The topological polar surface area (TPSA) is 56.8 Å². The number of Topliss-reactive ketones (excluding diaryl/α,β-unsaturated/α-hetero) is 1. The van der Waals surface area contributed by atoms with Crippen LogP contribution in [0.1, 0.15) is 48.3 Å². The first kappa shape index (κ1) is 20.1. The number of fused-ring (bicyclic) bond motifs is 1. The number of anilines is 1. The number of ketones is 1. The number of carbonyl (C=O) groups is 2. The van der Waals surface area contributed by atoms with Crippen LogP contribution >= 0.6 is 0 Å². The molecule has 5 rings (SSSR count). The summed E-state index contributed by atoms with van der Waals surface area (Å²) in [7, 11) is 0. The summed E-state index contributed by atoms with van der Waals surface area (Å²) in [6.07, 6.45) is 2.02. The summed E-state index contributed by atoms with van der Waals surface area (Å²) in [4.78, 5) is 31.7. The molecule has 31 heavy (non-hydrogen) atoms. The van der Waals surface area contributed by atoms with Crippen molar-refractivity contribution < 1.29 is 18.4 Å². The molecule has 8 heteroatoms. The first-order valence-corrected chi connectivity index (χ1v) is 10.6. The summed E-state index contributed by atoms with van der Waals surface area (Å²) in [5, 5.41) is 3.78. The van der Waals surface area contributed by atoms with Crippen molar-refractivity contribution in [3.8, 4) is 0 Å². The van der Waals surface area contributed by atoms with Crippen molar-refractivity contribution in [2.75, 3.05) is 31.1 Å². The van der Waals surface area contributed by atoms with Crippen LogP contribution in [0.15, 0.2) is 36.4 Å². The van der Waals surface area contributed by atoms with Crippen molar-refractivity contribution in [3.63, 3.8) is 0 Å². The highest BCUT2D eigenvalue weighted by molar-refractivity contribution is 5.92. The molecule has 0 aliphatic carbocycles. The van der Waals surface area contributed by atoms with E-state index in [1.807, 2.05) is 17.1 Å². The van der Waals surface area contributed by atoms with Crippen LogP contribution in [0, 0.1) is 17.0 Å². The maximum absolute atomic E-state index is 13.8. The van der Waals surface area contributed by atoms with Crippen LogP contribution in [0.2, 0.25) is 0 Å². The average molecular weight is 426 g/mol. The van der Waals surface area contributed by atoms with E-state index in [-0.39, 0.29) is 17.7 Å². The second-order valence-electron chi connectivity index (χ2n) is 8.75. The smallest absolute Gasteiger partial charge is 0.245 e. The number of halogens is 2. The monoisotopic (exact) mass is 426 g/mol. The van der Waals surface area contributed by atoms with E-state index in [2.05, 4.69) is 9.88 Å². The van der Waals surface area contributed by atoms with Gasteiger partial charge in [0.1, 0.15) is 23.1 Å². The molecular weight excluding hydrogens is 402 g/mol. The molecule has 3 aliphatic rings. The molecule has 1 aromatic heterocycles. The summed E-state index contributed by atoms with van der Waals surface area (Å²) < 4.78 is 27.5. The normalized spacial score (nSPS) is 22.9. The molecule has 0 N–H and O–H groups in total. The maximum Gasteiger partial charge on any atom is 0.245 e. The van der Waals surface area contributed by atoms with Gasteiger partial charge in [-0.15, -0.1) is 0 Å². The van der Waals surface area contributed by atoms with Gasteiger partial charge in [-0.25, -0.2) is 18.8 Å². The highest BCUT2D eigenvalue weighted by Crippen LogP contribution is 2.47. The number of hydrogen-bond acceptors (Lipinski definition) is 5. The lowest BCUT2D eigenvalue weighted by Crippen LogP contribution is -2.46. The van der Waals surface area contributed by atoms with E-state index in [0.717, 1.165) is 11.9 Å². The van der Waals surface area contributed by atoms with E-state index >= 15 is 0 Å². The average Bonchev–Trinajstić information content (AvgIpc) is 3.26. The SMILES string of the molecule is CC(=O)c1cccc(N2CCC3(CC2)CN2CC[C@@H](c4cc(F)cc(F)c4)N2C3=O)n1. The number of aromatic nitrogens is 1. The van der Waals surface area contributed by atoms with Gasteiger partial charge in [-0.05, 0) is 49.1 Å². The van der Waals surface area contributed by atoms with E-state index in [1.54, 1.807) is 11.1 Å². The maximum atomic E-state index is 13.8. The molecule has 6 nitrogen and oxygen atoms in total. The van der Waals surface area contributed by atoms with Crippen LogP contribution < -0.4 is 4.90 Å². The molecule has 0 radical (unpaired) electrons. The molecule has 1 spiro atoms. The van der Waals surface area contributed by atoms with E-state index in [9.17, 15) is 18.4 Å². The van der Waals surface area contributed by atoms with Gasteiger partial charge in [0, 0.05) is 39.2 Å². The predicted molar refractivity (Wildman–Crippen MR) is 110 cm³/mol. The Balaban J connectivity index is 1.33. The van der Waals surface area contributed by atoms with Crippen molar-refractivity contribution in [1.82, 2.24) is 15.0 Å². The van der Waals surface area contributed by atoms with Crippen molar-refractivity contribution in [2.24, 2.45) is 5.41 Å². The Bertz CT molecular complexity index is 1030. The second kappa shape index (κ2) is 7.37. The summed E-state index contributed by atoms with van der Waals surface area (Å²) >= 11 is 0. The Labute approximate surface area is 179 Å². The van der Waals surface area contributed by atoms with Crippen molar-refractivity contribution in [3.05, 3.63) is 59.3 Å². The summed E-state index contributed by atoms with van der Waals surface area (Å²) in [5.74, 6) is -0.520. The molecule has 0 bridgehead atoms. The molecule has 1 atom stereocenters. The molecule has 0 saturated carbocycles. The number of rotatable bonds is 3. The molecule has 0 unspecified atom stereocenters. The fourth-order valence-electron chi connectivity index (χ4n) is 5.19. The third kappa shape index (κ3) is 3.39. The number of carbonyl (C=O) groups excluding carboxylic acids is 2. The van der Waals surface area contributed by atoms with Gasteiger partial charge in [-0.2, -0.15) is 0 Å². The Morgan fingerprint density at radius 1 is 1.10 bits per heavy atom. The molecule has 3 saturated heterocycles. The van der Waals surface area contributed by atoms with E-state index in [0.29, 0.717) is 56.7 Å². The first-order chi connectivity index (χ1) is 14.9. The molecule has 2 aromatic rings. The molecule has 4 heterocycles. The summed E-state index contributed by atoms with van der Waals surface area (Å²) in [6, 6.07) is 8.59. The van der Waals surface area contributed by atoms with Crippen molar-refractivity contribution in [2.45, 2.75) is 32.2 Å². The van der Waals surface area contributed by atoms with E-state index in [1.165, 1.54) is 19.1 Å². The van der Waals surface area contributed by atoms with Gasteiger partial charge in [0.2, 0.25) is 5.91 Å². The fraction of sp³-hybridized carbons (Fsp3) is 0.435. The third-order valence-electron chi connectivity index (χ3n) is 6.82. The Kier molecular flexibility index (Phi) is 4.77. The lowest BCUT2D eigenvalue weighted by atomic mass is 9.77. The number of benzene rings is 1. The third-order valence-corrected chi connectivity index (χ3v) is 6.82. The van der Waals surface area contributed by atoms with Gasteiger partial charge >= 0.3 is 0 Å². The van der Waals surface area contributed by atoms with Gasteiger partial charge in [0.15, 0.2) is 5.78 Å². The van der Waals surface area contributed by atoms with Crippen LogP contribution in [-0.4, -0.2) is 52.9 Å². The highest BCUT2D eigenvalue weighted by atomic mass is 19.1. The van der Waals surface area contributed by atoms with Gasteiger partial charge in [-0.3, -0.25) is 14.6 Å². The zero-order valence-electron chi connectivity index (χ0n) is 17.4. The van der Waals surface area contributed by atoms with Gasteiger partial charge in [-0.1, -0.05) is 6.07 Å². The number of nitrogens with zero attached hydrogens (tertiary/aromatic N) is 4. The highest BCUT2D eigenvalue weighted by Gasteiger charge is 2.56. The van der Waals surface area contributed by atoms with Crippen LogP contribution in [0.5, 0.6) is 0 Å². The predicted octanol–water partition coefficient (Wildman–Crippen LogP) is 3.35.